The molecule has 0 radical (unpaired) electrons. The number of carbonyl (C=O) groups is 3. The number of carbonyl (C=O) groups excluding carboxylic acids is 3. The molecule has 0 saturated carbocycles. The minimum Gasteiger partial charge on any atom is -0.460 e. The monoisotopic (exact) mass is 424 g/mol. The molecule has 0 saturated heterocycles. The van der Waals surface area contributed by atoms with Gasteiger partial charge in [0.1, 0.15) is 11.5 Å². The molecule has 0 unspecified atom stereocenters. The van der Waals surface area contributed by atoms with Crippen molar-refractivity contribution in [1.82, 2.24) is 5.43 Å². The van der Waals surface area contributed by atoms with Crippen molar-refractivity contribution in [3.8, 4) is 0 Å². The minimum absolute atomic E-state index is 0.176. The number of amides is 3. The Morgan fingerprint density at radius 2 is 1.67 bits per heavy atom. The summed E-state index contributed by atoms with van der Waals surface area (Å²) in [7, 11) is 0. The summed E-state index contributed by atoms with van der Waals surface area (Å²) in [5, 5.41) is 9.32. The Kier molecular flexibility index (Phi) is 6.61. The summed E-state index contributed by atoms with van der Waals surface area (Å²) in [5.74, 6) is -1.32. The van der Waals surface area contributed by atoms with E-state index in [-0.39, 0.29) is 11.3 Å². The van der Waals surface area contributed by atoms with Crippen molar-refractivity contribution in [1.29, 1.82) is 0 Å². The third-order valence-corrected chi connectivity index (χ3v) is 4.10. The van der Waals surface area contributed by atoms with E-state index in [0.29, 0.717) is 22.2 Å². The highest BCUT2D eigenvalue weighted by molar-refractivity contribution is 6.40. The van der Waals surface area contributed by atoms with Gasteiger partial charge in [0.15, 0.2) is 0 Å². The van der Waals surface area contributed by atoms with Crippen LogP contribution >= 0.6 is 11.6 Å². The Morgan fingerprint density at radius 3 is 2.37 bits per heavy atom. The van der Waals surface area contributed by atoms with Crippen LogP contribution in [0.5, 0.6) is 0 Å². The van der Waals surface area contributed by atoms with Crippen LogP contribution in [0.15, 0.2) is 70.2 Å². The molecule has 30 heavy (non-hydrogen) atoms. The second-order valence-corrected chi connectivity index (χ2v) is 6.54. The third kappa shape index (κ3) is 5.55. The third-order valence-electron chi connectivity index (χ3n) is 3.85. The largest absolute Gasteiger partial charge is 0.460 e. The standard InChI is InChI=1S/C21H17ClN4O4/c1-13-6-11-16(30-13)12-23-26-21(29)20(28)25-18-5-3-2-4-17(18)19(27)24-15-9-7-14(22)8-10-15/h2-12H,1H3,(H,24,27)(H,25,28)(H,26,29)/b23-12+. The Morgan fingerprint density at radius 1 is 0.933 bits per heavy atom. The number of hydrazone groups is 1. The molecule has 3 rings (SSSR count). The van der Waals surface area contributed by atoms with Gasteiger partial charge in [-0.2, -0.15) is 5.10 Å². The van der Waals surface area contributed by atoms with E-state index in [2.05, 4.69) is 21.2 Å². The highest BCUT2D eigenvalue weighted by Gasteiger charge is 2.17. The van der Waals surface area contributed by atoms with Crippen LogP contribution in [0.25, 0.3) is 0 Å². The SMILES string of the molecule is Cc1ccc(/C=N/NC(=O)C(=O)Nc2ccccc2C(=O)Nc2ccc(Cl)cc2)o1. The molecule has 1 heterocycles. The number of halogens is 1. The number of nitrogens with one attached hydrogen (secondary N) is 3. The van der Waals surface area contributed by atoms with Crippen molar-refractivity contribution in [2.45, 2.75) is 6.92 Å². The number of hydrogen-bond acceptors (Lipinski definition) is 5. The lowest BCUT2D eigenvalue weighted by atomic mass is 10.1. The molecule has 0 aliphatic heterocycles. The summed E-state index contributed by atoms with van der Waals surface area (Å²) in [5.41, 5.74) is 2.99. The van der Waals surface area contributed by atoms with Crippen molar-refractivity contribution >= 4 is 46.9 Å². The lowest BCUT2D eigenvalue weighted by Gasteiger charge is -2.11. The van der Waals surface area contributed by atoms with Gasteiger partial charge >= 0.3 is 11.8 Å². The molecule has 9 heteroatoms. The summed E-state index contributed by atoms with van der Waals surface area (Å²) in [6, 6.07) is 16.3. The topological polar surface area (TPSA) is 113 Å². The van der Waals surface area contributed by atoms with E-state index in [0.717, 1.165) is 0 Å². The average Bonchev–Trinajstić information content (AvgIpc) is 3.15. The summed E-state index contributed by atoms with van der Waals surface area (Å²) in [6.45, 7) is 1.77. The first-order valence-electron chi connectivity index (χ1n) is 8.79. The Hall–Kier alpha value is -3.91. The zero-order chi connectivity index (χ0) is 21.5. The zero-order valence-electron chi connectivity index (χ0n) is 15.8. The molecule has 0 fully saturated rings. The highest BCUT2D eigenvalue weighted by atomic mass is 35.5. The lowest BCUT2D eigenvalue weighted by Crippen LogP contribution is -2.33. The zero-order valence-corrected chi connectivity index (χ0v) is 16.6. The molecule has 3 aromatic rings. The summed E-state index contributed by atoms with van der Waals surface area (Å²) in [6.07, 6.45) is 1.27. The maximum absolute atomic E-state index is 12.6. The van der Waals surface area contributed by atoms with Crippen molar-refractivity contribution < 1.29 is 18.8 Å². The van der Waals surface area contributed by atoms with E-state index in [4.69, 9.17) is 16.0 Å². The molecule has 152 valence electrons. The molecule has 0 atom stereocenters. The quantitative estimate of drug-likeness (QED) is 0.330. The molecule has 0 spiro atoms. The molecular weight excluding hydrogens is 408 g/mol. The van der Waals surface area contributed by atoms with E-state index in [9.17, 15) is 14.4 Å². The number of para-hydroxylation sites is 1. The predicted molar refractivity (Wildman–Crippen MR) is 114 cm³/mol. The first-order valence-corrected chi connectivity index (χ1v) is 9.17. The summed E-state index contributed by atoms with van der Waals surface area (Å²) in [4.78, 5) is 36.7. The van der Waals surface area contributed by atoms with Crippen LogP contribution in [0.4, 0.5) is 11.4 Å². The Bertz CT molecular complexity index is 1110. The van der Waals surface area contributed by atoms with Crippen LogP contribution in [0.1, 0.15) is 21.9 Å². The molecule has 0 aliphatic rings. The van der Waals surface area contributed by atoms with Crippen LogP contribution in [0, 0.1) is 6.92 Å². The fourth-order valence-corrected chi connectivity index (χ4v) is 2.55. The van der Waals surface area contributed by atoms with Crippen molar-refractivity contribution in [2.24, 2.45) is 5.10 Å². The predicted octanol–water partition coefficient (Wildman–Crippen LogP) is 3.58. The normalized spacial score (nSPS) is 10.6. The van der Waals surface area contributed by atoms with Gasteiger partial charge in [-0.15, -0.1) is 0 Å². The van der Waals surface area contributed by atoms with E-state index in [1.807, 2.05) is 0 Å². The number of nitrogens with zero attached hydrogens (tertiary/aromatic N) is 1. The van der Waals surface area contributed by atoms with Crippen molar-refractivity contribution in [3.05, 3.63) is 82.8 Å². The summed E-state index contributed by atoms with van der Waals surface area (Å²) < 4.78 is 5.27. The fourth-order valence-electron chi connectivity index (χ4n) is 2.43. The molecule has 8 nitrogen and oxygen atoms in total. The molecule has 3 N–H and O–H groups in total. The van der Waals surface area contributed by atoms with Crippen molar-refractivity contribution in [3.63, 3.8) is 0 Å². The number of anilines is 2. The van der Waals surface area contributed by atoms with E-state index in [1.165, 1.54) is 18.3 Å². The van der Waals surface area contributed by atoms with Gasteiger partial charge in [0.2, 0.25) is 0 Å². The Balaban J connectivity index is 1.63. The van der Waals surface area contributed by atoms with Crippen molar-refractivity contribution in [2.75, 3.05) is 10.6 Å². The second-order valence-electron chi connectivity index (χ2n) is 6.11. The van der Waals surface area contributed by atoms with Gasteiger partial charge < -0.3 is 15.1 Å². The first kappa shape index (κ1) is 20.8. The van der Waals surface area contributed by atoms with Crippen LogP contribution in [0.3, 0.4) is 0 Å². The smallest absolute Gasteiger partial charge is 0.329 e. The molecule has 1 aromatic heterocycles. The lowest BCUT2D eigenvalue weighted by molar-refractivity contribution is -0.136. The van der Waals surface area contributed by atoms with Gasteiger partial charge in [-0.05, 0) is 55.5 Å². The number of aryl methyl sites for hydroxylation is 1. The second kappa shape index (κ2) is 9.53. The summed E-state index contributed by atoms with van der Waals surface area (Å²) >= 11 is 5.84. The number of benzene rings is 2. The molecular formula is C21H17ClN4O4. The van der Waals surface area contributed by atoms with E-state index in [1.54, 1.807) is 55.5 Å². The maximum atomic E-state index is 12.6. The average molecular weight is 425 g/mol. The van der Waals surface area contributed by atoms with E-state index < -0.39 is 17.7 Å². The van der Waals surface area contributed by atoms with Gasteiger partial charge in [0.05, 0.1) is 17.5 Å². The Labute approximate surface area is 176 Å². The minimum atomic E-state index is -0.998. The molecule has 0 bridgehead atoms. The van der Waals surface area contributed by atoms with Crippen LogP contribution < -0.4 is 16.1 Å². The van der Waals surface area contributed by atoms with Crippen LogP contribution in [0.2, 0.25) is 5.02 Å². The van der Waals surface area contributed by atoms with Gasteiger partial charge in [0.25, 0.3) is 5.91 Å². The van der Waals surface area contributed by atoms with Crippen LogP contribution in [-0.2, 0) is 9.59 Å². The molecule has 0 aliphatic carbocycles. The maximum Gasteiger partial charge on any atom is 0.329 e. The fraction of sp³-hybridized carbons (Fsp3) is 0.0476. The van der Waals surface area contributed by atoms with Gasteiger partial charge in [-0.3, -0.25) is 14.4 Å². The van der Waals surface area contributed by atoms with Gasteiger partial charge in [-0.1, -0.05) is 23.7 Å². The molecule has 3 amide bonds. The molecule has 2 aromatic carbocycles. The number of hydrogen-bond donors (Lipinski definition) is 3. The highest BCUT2D eigenvalue weighted by Crippen LogP contribution is 2.19. The van der Waals surface area contributed by atoms with Gasteiger partial charge in [-0.25, -0.2) is 5.43 Å². The number of furan rings is 1. The first-order chi connectivity index (χ1) is 14.4. The van der Waals surface area contributed by atoms with E-state index >= 15 is 0 Å². The number of rotatable bonds is 5. The van der Waals surface area contributed by atoms with Crippen LogP contribution in [-0.4, -0.2) is 23.9 Å². The van der Waals surface area contributed by atoms with Gasteiger partial charge in [0, 0.05) is 10.7 Å².